The number of rotatable bonds is 4. The Morgan fingerprint density at radius 2 is 1.40 bits per heavy atom. The Morgan fingerprint density at radius 1 is 0.840 bits per heavy atom. The average Bonchev–Trinajstić information content (AvgIpc) is 2.61. The van der Waals surface area contributed by atoms with E-state index >= 15 is 0 Å². The maximum absolute atomic E-state index is 12.2. The van der Waals surface area contributed by atoms with Crippen LogP contribution in [0.25, 0.3) is 21.7 Å². The zero-order chi connectivity index (χ0) is 18.0. The lowest BCUT2D eigenvalue weighted by Crippen LogP contribution is -2.19. The van der Waals surface area contributed by atoms with Gasteiger partial charge in [-0.2, -0.15) is 0 Å². The van der Waals surface area contributed by atoms with Gasteiger partial charge in [0.25, 0.3) is 0 Å². The summed E-state index contributed by atoms with van der Waals surface area (Å²) in [6.07, 6.45) is 0. The molecule has 0 aliphatic heterocycles. The number of hydrogen-bond acceptors (Lipinski definition) is 8. The van der Waals surface area contributed by atoms with Gasteiger partial charge in [-0.05, 0) is 30.3 Å². The number of benzene rings is 2. The predicted molar refractivity (Wildman–Crippen MR) is 89.4 cm³/mol. The molecule has 0 unspecified atom stereocenters. The van der Waals surface area contributed by atoms with Gasteiger partial charge in [-0.3, -0.25) is 9.59 Å². The van der Waals surface area contributed by atoms with Crippen molar-refractivity contribution in [2.45, 2.75) is 0 Å². The van der Waals surface area contributed by atoms with Crippen LogP contribution < -0.4 is 26.6 Å². The number of hydrogen-bond donors (Lipinski definition) is 2. The first-order chi connectivity index (χ1) is 12.0. The first-order valence-corrected chi connectivity index (χ1v) is 7.34. The van der Waals surface area contributed by atoms with Crippen LogP contribution in [0.5, 0.6) is 11.5 Å². The van der Waals surface area contributed by atoms with Crippen LogP contribution in [0.15, 0.2) is 45.6 Å². The molecule has 0 bridgehead atoms. The van der Waals surface area contributed by atoms with Crippen molar-refractivity contribution in [2.75, 3.05) is 13.1 Å². The van der Waals surface area contributed by atoms with E-state index in [1.54, 1.807) is 24.3 Å². The molecule has 0 aliphatic carbocycles. The van der Waals surface area contributed by atoms with Crippen LogP contribution in [0.2, 0.25) is 0 Å². The molecule has 2 aromatic carbocycles. The first-order valence-electron chi connectivity index (χ1n) is 7.34. The topological polar surface area (TPSA) is 135 Å². The van der Waals surface area contributed by atoms with Gasteiger partial charge in [0, 0.05) is 16.8 Å². The third-order valence-electron chi connectivity index (χ3n) is 3.45. The summed E-state index contributed by atoms with van der Waals surface area (Å²) in [6, 6.07) is 9.27. The van der Waals surface area contributed by atoms with Crippen molar-refractivity contribution in [1.29, 1.82) is 0 Å². The highest BCUT2D eigenvalue weighted by Gasteiger charge is 2.12. The first kappa shape index (κ1) is 16.6. The third kappa shape index (κ3) is 3.35. The summed E-state index contributed by atoms with van der Waals surface area (Å²) >= 11 is 0. The van der Waals surface area contributed by atoms with E-state index < -0.39 is 17.6 Å². The van der Waals surface area contributed by atoms with Gasteiger partial charge in [-0.1, -0.05) is 0 Å². The van der Waals surface area contributed by atoms with Gasteiger partial charge >= 0.3 is 17.6 Å². The number of esters is 2. The van der Waals surface area contributed by atoms with Crippen LogP contribution in [-0.2, 0) is 9.59 Å². The zero-order valence-corrected chi connectivity index (χ0v) is 13.0. The number of carbonyl (C=O) groups excluding carboxylic acids is 2. The SMILES string of the molecule is NCC(=O)Oc1ccc2c(c1)oc(=O)c1cc(OC(=O)CN)ccc12. The molecule has 8 nitrogen and oxygen atoms in total. The Morgan fingerprint density at radius 3 is 2.00 bits per heavy atom. The van der Waals surface area contributed by atoms with E-state index in [0.29, 0.717) is 10.8 Å². The van der Waals surface area contributed by atoms with Crippen molar-refractivity contribution >= 4 is 33.7 Å². The quantitative estimate of drug-likeness (QED) is 0.306. The minimum atomic E-state index is -0.615. The van der Waals surface area contributed by atoms with Gasteiger partial charge < -0.3 is 25.4 Å². The fourth-order valence-electron chi connectivity index (χ4n) is 2.36. The molecule has 0 radical (unpaired) electrons. The second-order valence-corrected chi connectivity index (χ2v) is 5.11. The Balaban J connectivity index is 2.10. The highest BCUT2D eigenvalue weighted by atomic mass is 16.5. The lowest BCUT2D eigenvalue weighted by Gasteiger charge is -2.07. The highest BCUT2D eigenvalue weighted by molar-refractivity contribution is 6.05. The standard InChI is InChI=1S/C17H14N2O6/c18-7-15(20)23-9-1-3-11-12-4-2-10(24-16(21)8-19)6-14(12)25-17(22)13(11)5-9/h1-6H,7-8,18-19H2. The lowest BCUT2D eigenvalue weighted by molar-refractivity contribution is -0.133. The summed E-state index contributed by atoms with van der Waals surface area (Å²) in [7, 11) is 0. The molecule has 1 heterocycles. The van der Waals surface area contributed by atoms with E-state index in [9.17, 15) is 14.4 Å². The minimum Gasteiger partial charge on any atom is -0.426 e. The van der Waals surface area contributed by atoms with Crippen LogP contribution in [0, 0.1) is 0 Å². The second kappa shape index (κ2) is 6.71. The van der Waals surface area contributed by atoms with Crippen molar-refractivity contribution in [3.05, 3.63) is 46.8 Å². The Bertz CT molecular complexity index is 1040. The molecule has 0 atom stereocenters. The summed E-state index contributed by atoms with van der Waals surface area (Å²) in [5.41, 5.74) is 10.0. The fourth-order valence-corrected chi connectivity index (χ4v) is 2.36. The summed E-state index contributed by atoms with van der Waals surface area (Å²) in [5.74, 6) is -0.799. The Hall–Kier alpha value is -3.23. The smallest absolute Gasteiger partial charge is 0.344 e. The largest absolute Gasteiger partial charge is 0.426 e. The fraction of sp³-hybridized carbons (Fsp3) is 0.118. The molecule has 128 valence electrons. The van der Waals surface area contributed by atoms with Gasteiger partial charge in [0.15, 0.2) is 0 Å². The lowest BCUT2D eigenvalue weighted by atomic mass is 10.1. The van der Waals surface area contributed by atoms with E-state index in [-0.39, 0.29) is 35.6 Å². The van der Waals surface area contributed by atoms with Crippen LogP contribution in [0.4, 0.5) is 0 Å². The molecule has 0 amide bonds. The maximum atomic E-state index is 12.2. The van der Waals surface area contributed by atoms with Gasteiger partial charge in [0.05, 0.1) is 18.5 Å². The van der Waals surface area contributed by atoms with E-state index in [1.807, 2.05) is 0 Å². The molecule has 0 fully saturated rings. The monoisotopic (exact) mass is 342 g/mol. The van der Waals surface area contributed by atoms with Crippen molar-refractivity contribution in [1.82, 2.24) is 0 Å². The minimum absolute atomic E-state index is 0.197. The molecule has 25 heavy (non-hydrogen) atoms. The summed E-state index contributed by atoms with van der Waals surface area (Å²) in [4.78, 5) is 34.8. The molecule has 0 saturated heterocycles. The highest BCUT2D eigenvalue weighted by Crippen LogP contribution is 2.28. The van der Waals surface area contributed by atoms with E-state index in [1.165, 1.54) is 12.1 Å². The molecule has 3 aromatic rings. The molecule has 4 N–H and O–H groups in total. The van der Waals surface area contributed by atoms with Crippen LogP contribution >= 0.6 is 0 Å². The summed E-state index contributed by atoms with van der Waals surface area (Å²) in [5, 5.41) is 1.50. The molecule has 1 aromatic heterocycles. The predicted octanol–water partition coefficient (Wildman–Crippen LogP) is 0.674. The summed E-state index contributed by atoms with van der Waals surface area (Å²) < 4.78 is 15.3. The Kier molecular flexibility index (Phi) is 4.46. The van der Waals surface area contributed by atoms with E-state index in [4.69, 9.17) is 25.4 Å². The van der Waals surface area contributed by atoms with Crippen molar-refractivity contribution in [3.8, 4) is 11.5 Å². The van der Waals surface area contributed by atoms with Gasteiger partial charge in [-0.25, -0.2) is 4.79 Å². The second-order valence-electron chi connectivity index (χ2n) is 5.11. The average molecular weight is 342 g/mol. The van der Waals surface area contributed by atoms with Crippen LogP contribution in [-0.4, -0.2) is 25.0 Å². The molecule has 8 heteroatoms. The van der Waals surface area contributed by atoms with Crippen LogP contribution in [0.3, 0.4) is 0 Å². The van der Waals surface area contributed by atoms with Crippen LogP contribution in [0.1, 0.15) is 0 Å². The number of carbonyl (C=O) groups is 2. The van der Waals surface area contributed by atoms with E-state index in [0.717, 1.165) is 0 Å². The molecule has 0 saturated carbocycles. The zero-order valence-electron chi connectivity index (χ0n) is 13.0. The number of nitrogens with two attached hydrogens (primary N) is 2. The summed E-state index contributed by atoms with van der Waals surface area (Å²) in [6.45, 7) is -0.529. The molecular formula is C17H14N2O6. The number of fused-ring (bicyclic) bond motifs is 3. The molecule has 0 spiro atoms. The van der Waals surface area contributed by atoms with Gasteiger partial charge in [0.1, 0.15) is 17.1 Å². The van der Waals surface area contributed by atoms with Gasteiger partial charge in [0.2, 0.25) is 0 Å². The normalized spacial score (nSPS) is 10.8. The molecule has 3 rings (SSSR count). The van der Waals surface area contributed by atoms with E-state index in [2.05, 4.69) is 0 Å². The molecular weight excluding hydrogens is 328 g/mol. The number of ether oxygens (including phenoxy) is 2. The van der Waals surface area contributed by atoms with Crippen molar-refractivity contribution in [2.24, 2.45) is 11.5 Å². The third-order valence-corrected chi connectivity index (χ3v) is 3.45. The Labute approximate surface area is 140 Å². The maximum Gasteiger partial charge on any atom is 0.344 e. The molecule has 0 aliphatic rings. The van der Waals surface area contributed by atoms with Gasteiger partial charge in [-0.15, -0.1) is 0 Å². The van der Waals surface area contributed by atoms with Crippen molar-refractivity contribution in [3.63, 3.8) is 0 Å². The van der Waals surface area contributed by atoms with Crippen molar-refractivity contribution < 1.29 is 23.5 Å².